The van der Waals surface area contributed by atoms with E-state index in [2.05, 4.69) is 28.1 Å². The minimum atomic E-state index is -0.810. The quantitative estimate of drug-likeness (QED) is 0.366. The summed E-state index contributed by atoms with van der Waals surface area (Å²) in [7, 11) is 0. The SMILES string of the molecule is Cc1cccc2cc(O)cc(-c3cnc4c(N5CC6CCC(C5)N6)nc(OCC56CCCN5C[C@H](F)C6)nc4c3)c12. The number of phenolic OH excluding ortho intramolecular Hbond substituents is 1. The lowest BCUT2D eigenvalue weighted by molar-refractivity contribution is 0.107. The smallest absolute Gasteiger partial charge is 0.319 e. The minimum Gasteiger partial charge on any atom is -0.508 e. The topological polar surface area (TPSA) is 86.6 Å². The summed E-state index contributed by atoms with van der Waals surface area (Å²) in [6.45, 7) is 5.60. The molecule has 6 heterocycles. The van der Waals surface area contributed by atoms with E-state index in [0.717, 1.165) is 84.1 Å². The van der Waals surface area contributed by atoms with Crippen molar-refractivity contribution >= 4 is 27.6 Å². The monoisotopic (exact) mass is 554 g/mol. The van der Waals surface area contributed by atoms with E-state index >= 15 is 0 Å². The number of benzene rings is 2. The summed E-state index contributed by atoms with van der Waals surface area (Å²) in [6, 6.07) is 12.9. The van der Waals surface area contributed by atoms with Gasteiger partial charge in [0.15, 0.2) is 5.82 Å². The van der Waals surface area contributed by atoms with Crippen LogP contribution < -0.4 is 15.0 Å². The fourth-order valence-corrected chi connectivity index (χ4v) is 7.86. The van der Waals surface area contributed by atoms with Crippen LogP contribution >= 0.6 is 0 Å². The number of nitrogens with zero attached hydrogens (tertiary/aromatic N) is 5. The molecule has 2 aromatic heterocycles. The average Bonchev–Trinajstić information content (AvgIpc) is 3.61. The van der Waals surface area contributed by atoms with Crippen LogP contribution in [0.2, 0.25) is 0 Å². The van der Waals surface area contributed by atoms with Crippen LogP contribution in [-0.2, 0) is 0 Å². The van der Waals surface area contributed by atoms with Crippen LogP contribution in [0.1, 0.15) is 37.7 Å². The van der Waals surface area contributed by atoms with Crippen molar-refractivity contribution < 1.29 is 14.2 Å². The van der Waals surface area contributed by atoms with Gasteiger partial charge in [0.2, 0.25) is 0 Å². The number of halogens is 1. The van der Waals surface area contributed by atoms with Crippen molar-refractivity contribution in [3.05, 3.63) is 48.2 Å². The number of rotatable bonds is 5. The minimum absolute atomic E-state index is 0.213. The molecule has 2 bridgehead atoms. The van der Waals surface area contributed by atoms with Crippen LogP contribution in [0.3, 0.4) is 0 Å². The summed E-state index contributed by atoms with van der Waals surface area (Å²) in [5.41, 5.74) is 4.09. The van der Waals surface area contributed by atoms with E-state index in [0.29, 0.717) is 43.2 Å². The van der Waals surface area contributed by atoms with Gasteiger partial charge in [-0.3, -0.25) is 9.88 Å². The number of piperazine rings is 1. The second-order valence-corrected chi connectivity index (χ2v) is 12.5. The van der Waals surface area contributed by atoms with Crippen LogP contribution in [0.5, 0.6) is 11.8 Å². The molecule has 0 spiro atoms. The Balaban J connectivity index is 1.23. The average molecular weight is 555 g/mol. The molecule has 212 valence electrons. The van der Waals surface area contributed by atoms with Gasteiger partial charge in [0.1, 0.15) is 24.0 Å². The number of aryl methyl sites for hydroxylation is 1. The lowest BCUT2D eigenvalue weighted by Gasteiger charge is -2.34. The highest BCUT2D eigenvalue weighted by Crippen LogP contribution is 2.41. The Labute approximate surface area is 238 Å². The predicted molar refractivity (Wildman–Crippen MR) is 157 cm³/mol. The summed E-state index contributed by atoms with van der Waals surface area (Å²) in [6.07, 6.45) is 5.89. The van der Waals surface area contributed by atoms with Crippen molar-refractivity contribution in [1.82, 2.24) is 25.2 Å². The van der Waals surface area contributed by atoms with Crippen molar-refractivity contribution in [3.8, 4) is 22.9 Å². The Morgan fingerprint density at radius 2 is 1.98 bits per heavy atom. The number of pyridine rings is 1. The van der Waals surface area contributed by atoms with Crippen molar-refractivity contribution in [3.63, 3.8) is 0 Å². The molecule has 8 nitrogen and oxygen atoms in total. The van der Waals surface area contributed by atoms with Crippen molar-refractivity contribution in [2.24, 2.45) is 0 Å². The van der Waals surface area contributed by atoms with Gasteiger partial charge in [0, 0.05) is 49.9 Å². The Kier molecular flexibility index (Phi) is 5.83. The maximum atomic E-state index is 14.4. The molecule has 4 aliphatic heterocycles. The first-order chi connectivity index (χ1) is 19.9. The number of ether oxygens (including phenoxy) is 1. The molecule has 4 atom stereocenters. The van der Waals surface area contributed by atoms with Crippen LogP contribution in [0.25, 0.3) is 32.9 Å². The van der Waals surface area contributed by atoms with Gasteiger partial charge >= 0.3 is 6.01 Å². The van der Waals surface area contributed by atoms with E-state index < -0.39 is 6.17 Å². The van der Waals surface area contributed by atoms with Gasteiger partial charge in [-0.1, -0.05) is 18.2 Å². The third-order valence-corrected chi connectivity index (χ3v) is 9.72. The number of phenols is 1. The van der Waals surface area contributed by atoms with Crippen LogP contribution in [0.15, 0.2) is 42.6 Å². The van der Waals surface area contributed by atoms with Crippen molar-refractivity contribution in [1.29, 1.82) is 0 Å². The number of anilines is 1. The maximum Gasteiger partial charge on any atom is 0.319 e. The molecule has 4 aromatic rings. The van der Waals surface area contributed by atoms with Gasteiger partial charge in [-0.2, -0.15) is 9.97 Å². The molecule has 0 saturated carbocycles. The number of nitrogens with one attached hydrogen (secondary N) is 1. The molecule has 4 fully saturated rings. The van der Waals surface area contributed by atoms with E-state index in [1.165, 1.54) is 0 Å². The predicted octanol–water partition coefficient (Wildman–Crippen LogP) is 4.75. The van der Waals surface area contributed by atoms with Gasteiger partial charge in [-0.25, -0.2) is 4.39 Å². The zero-order valence-corrected chi connectivity index (χ0v) is 23.3. The summed E-state index contributed by atoms with van der Waals surface area (Å²) >= 11 is 0. The normalized spacial score (nSPS) is 27.7. The maximum absolute atomic E-state index is 14.4. The molecule has 2 N–H and O–H groups in total. The molecule has 0 radical (unpaired) electrons. The first kappa shape index (κ1) is 25.2. The molecule has 4 saturated heterocycles. The number of hydrogen-bond acceptors (Lipinski definition) is 8. The van der Waals surface area contributed by atoms with E-state index in [1.807, 2.05) is 24.4 Å². The fourth-order valence-electron chi connectivity index (χ4n) is 7.86. The Morgan fingerprint density at radius 1 is 1.12 bits per heavy atom. The molecule has 0 aliphatic carbocycles. The lowest BCUT2D eigenvalue weighted by atomic mass is 9.95. The lowest BCUT2D eigenvalue weighted by Crippen LogP contribution is -2.51. The number of aromatic nitrogens is 3. The number of fused-ring (bicyclic) bond motifs is 5. The largest absolute Gasteiger partial charge is 0.508 e. The van der Waals surface area contributed by atoms with Gasteiger partial charge in [-0.15, -0.1) is 0 Å². The molecule has 4 aliphatic rings. The third-order valence-electron chi connectivity index (χ3n) is 9.72. The van der Waals surface area contributed by atoms with Gasteiger partial charge in [0.25, 0.3) is 0 Å². The summed E-state index contributed by atoms with van der Waals surface area (Å²) in [5.74, 6) is 1.01. The van der Waals surface area contributed by atoms with Crippen LogP contribution in [0.4, 0.5) is 10.2 Å². The fraction of sp³-hybridized carbons (Fsp3) is 0.469. The van der Waals surface area contributed by atoms with E-state index in [-0.39, 0.29) is 11.3 Å². The standard InChI is InChI=1S/C32H35FN6O2/c1-19-4-2-5-20-10-25(40)12-26(28(19)20)21-11-27-29(34-14-21)30(38-16-23-6-7-24(17-38)35-23)37-31(36-27)41-18-32-8-3-9-39(32)15-22(33)13-32/h2,4-5,10-12,14,22-24,35,40H,3,6-9,13,15-18H2,1H3/t22-,23?,24?,32?/m1/s1. The van der Waals surface area contributed by atoms with Gasteiger partial charge in [0.05, 0.1) is 11.1 Å². The molecule has 8 rings (SSSR count). The molecule has 41 heavy (non-hydrogen) atoms. The second-order valence-electron chi connectivity index (χ2n) is 12.5. The Bertz CT molecular complexity index is 1650. The summed E-state index contributed by atoms with van der Waals surface area (Å²) < 4.78 is 20.8. The third kappa shape index (κ3) is 4.28. The zero-order chi connectivity index (χ0) is 27.7. The van der Waals surface area contributed by atoms with Crippen molar-refractivity contribution in [2.45, 2.75) is 62.8 Å². The van der Waals surface area contributed by atoms with Crippen LogP contribution in [0, 0.1) is 6.92 Å². The van der Waals surface area contributed by atoms with Gasteiger partial charge in [-0.05, 0) is 79.3 Å². The molecule has 2 aromatic carbocycles. The summed E-state index contributed by atoms with van der Waals surface area (Å²) in [4.78, 5) is 19.3. The molecule has 9 heteroatoms. The molecule has 3 unspecified atom stereocenters. The second kappa shape index (κ2) is 9.49. The highest BCUT2D eigenvalue weighted by molar-refractivity contribution is 6.01. The number of aromatic hydroxyl groups is 1. The number of hydrogen-bond donors (Lipinski definition) is 2. The van der Waals surface area contributed by atoms with Crippen molar-refractivity contribution in [2.75, 3.05) is 37.7 Å². The highest BCUT2D eigenvalue weighted by Gasteiger charge is 2.49. The Hall–Kier alpha value is -3.56. The first-order valence-corrected chi connectivity index (χ1v) is 14.9. The van der Waals surface area contributed by atoms with Crippen LogP contribution in [-0.4, -0.2) is 81.5 Å². The van der Waals surface area contributed by atoms with E-state index in [1.54, 1.807) is 12.1 Å². The molecular formula is C32H35FN6O2. The van der Waals surface area contributed by atoms with E-state index in [4.69, 9.17) is 19.7 Å². The zero-order valence-electron chi connectivity index (χ0n) is 23.3. The van der Waals surface area contributed by atoms with Gasteiger partial charge < -0.3 is 20.1 Å². The summed E-state index contributed by atoms with van der Waals surface area (Å²) in [5, 5.41) is 16.3. The highest BCUT2D eigenvalue weighted by atomic mass is 19.1. The Morgan fingerprint density at radius 3 is 2.83 bits per heavy atom. The number of alkyl halides is 1. The molecule has 0 amide bonds. The first-order valence-electron chi connectivity index (χ1n) is 14.9. The molecular weight excluding hydrogens is 519 g/mol. The van der Waals surface area contributed by atoms with E-state index in [9.17, 15) is 9.50 Å².